The molecule has 0 saturated heterocycles. The van der Waals surface area contributed by atoms with Crippen molar-refractivity contribution >= 4 is 38.7 Å². The molecule has 0 spiro atoms. The Bertz CT molecular complexity index is 1060. The van der Waals surface area contributed by atoms with E-state index in [9.17, 15) is 4.79 Å². The third-order valence-corrected chi connectivity index (χ3v) is 5.25. The van der Waals surface area contributed by atoms with Gasteiger partial charge < -0.3 is 5.32 Å². The van der Waals surface area contributed by atoms with Gasteiger partial charge in [-0.05, 0) is 35.3 Å². The first-order chi connectivity index (χ1) is 13.6. The highest BCUT2D eigenvalue weighted by atomic mass is 32.1. The van der Waals surface area contributed by atoms with Crippen LogP contribution in [0.25, 0.3) is 16.3 Å². The van der Waals surface area contributed by atoms with E-state index in [1.807, 2.05) is 54.8 Å². The van der Waals surface area contributed by atoms with Crippen LogP contribution in [0.5, 0.6) is 0 Å². The van der Waals surface area contributed by atoms with Crippen LogP contribution in [0.15, 0.2) is 78.2 Å². The maximum absolute atomic E-state index is 12.4. The van der Waals surface area contributed by atoms with Gasteiger partial charge in [-0.2, -0.15) is 0 Å². The minimum atomic E-state index is -0.0619. The topological polar surface area (TPSA) is 42.0 Å². The number of carbonyl (C=O) groups excluding carboxylic acids is 1. The summed E-state index contributed by atoms with van der Waals surface area (Å²) in [6.45, 7) is 8.04. The number of hydrogen-bond acceptors (Lipinski definition) is 3. The van der Waals surface area contributed by atoms with Crippen LogP contribution in [0.1, 0.15) is 31.5 Å². The average molecular weight is 389 g/mol. The molecule has 0 aliphatic rings. The number of nitrogens with zero attached hydrogens (tertiary/aromatic N) is 1. The Morgan fingerprint density at radius 2 is 1.96 bits per heavy atom. The Kier molecular flexibility index (Phi) is 6.56. The third-order valence-electron chi connectivity index (χ3n) is 4.49. The molecule has 0 saturated carbocycles. The lowest BCUT2D eigenvalue weighted by atomic mass is 10.1. The number of carbonyl (C=O) groups is 1. The monoisotopic (exact) mass is 388 g/mol. The molecule has 0 unspecified atom stereocenters. The molecule has 0 bridgehead atoms. The SMILES string of the molecule is C=C(/C=C\C(=C/C)c1csc(NC(=O)Cc2ccc3ccccc3c2)n1)CC. The van der Waals surface area contributed by atoms with Crippen molar-refractivity contribution in [2.75, 3.05) is 5.32 Å². The average Bonchev–Trinajstić information content (AvgIpc) is 3.16. The molecule has 0 aliphatic carbocycles. The highest BCUT2D eigenvalue weighted by Crippen LogP contribution is 2.23. The Morgan fingerprint density at radius 1 is 1.18 bits per heavy atom. The molecule has 0 radical (unpaired) electrons. The summed E-state index contributed by atoms with van der Waals surface area (Å²) >= 11 is 1.43. The molecule has 0 aliphatic heterocycles. The number of anilines is 1. The molecule has 2 aromatic carbocycles. The molecule has 0 atom stereocenters. The highest BCUT2D eigenvalue weighted by molar-refractivity contribution is 7.14. The van der Waals surface area contributed by atoms with Crippen molar-refractivity contribution in [1.82, 2.24) is 4.98 Å². The molecular formula is C24H24N2OS. The number of hydrogen-bond donors (Lipinski definition) is 1. The van der Waals surface area contributed by atoms with Gasteiger partial charge in [-0.1, -0.05) is 79.8 Å². The van der Waals surface area contributed by atoms with Crippen molar-refractivity contribution in [3.63, 3.8) is 0 Å². The van der Waals surface area contributed by atoms with Gasteiger partial charge in [0.15, 0.2) is 5.13 Å². The minimum absolute atomic E-state index is 0.0619. The lowest BCUT2D eigenvalue weighted by Crippen LogP contribution is -2.14. The van der Waals surface area contributed by atoms with Crippen LogP contribution < -0.4 is 5.32 Å². The molecule has 1 heterocycles. The van der Waals surface area contributed by atoms with Crippen LogP contribution in [-0.4, -0.2) is 10.9 Å². The first-order valence-electron chi connectivity index (χ1n) is 9.34. The summed E-state index contributed by atoms with van der Waals surface area (Å²) in [6, 6.07) is 14.3. The van der Waals surface area contributed by atoms with E-state index in [0.717, 1.165) is 34.2 Å². The number of fused-ring (bicyclic) bond motifs is 1. The summed E-state index contributed by atoms with van der Waals surface area (Å²) in [6.07, 6.45) is 7.27. The van der Waals surface area contributed by atoms with E-state index in [0.29, 0.717) is 11.6 Å². The molecule has 1 amide bonds. The Labute approximate surface area is 170 Å². The van der Waals surface area contributed by atoms with E-state index in [-0.39, 0.29) is 5.91 Å². The predicted molar refractivity (Wildman–Crippen MR) is 121 cm³/mol. The van der Waals surface area contributed by atoms with Crippen molar-refractivity contribution < 1.29 is 4.79 Å². The van der Waals surface area contributed by atoms with E-state index in [2.05, 4.69) is 42.0 Å². The lowest BCUT2D eigenvalue weighted by Gasteiger charge is -2.04. The largest absolute Gasteiger partial charge is 0.302 e. The maximum atomic E-state index is 12.4. The number of amides is 1. The van der Waals surface area contributed by atoms with Crippen LogP contribution in [-0.2, 0) is 11.2 Å². The number of allylic oxidation sites excluding steroid dienone is 5. The van der Waals surface area contributed by atoms with Gasteiger partial charge in [0.05, 0.1) is 12.1 Å². The second kappa shape index (κ2) is 9.29. The summed E-state index contributed by atoms with van der Waals surface area (Å²) in [7, 11) is 0. The first kappa shape index (κ1) is 19.8. The van der Waals surface area contributed by atoms with E-state index < -0.39 is 0 Å². The van der Waals surface area contributed by atoms with Gasteiger partial charge in [-0.15, -0.1) is 11.3 Å². The van der Waals surface area contributed by atoms with Gasteiger partial charge in [0.2, 0.25) is 5.91 Å². The van der Waals surface area contributed by atoms with Crippen LogP contribution in [0, 0.1) is 0 Å². The molecule has 142 valence electrons. The summed E-state index contributed by atoms with van der Waals surface area (Å²) in [5.74, 6) is -0.0619. The molecule has 0 fully saturated rings. The Hall–Kier alpha value is -2.98. The molecule has 28 heavy (non-hydrogen) atoms. The first-order valence-corrected chi connectivity index (χ1v) is 10.2. The smallest absolute Gasteiger partial charge is 0.230 e. The fourth-order valence-corrected chi connectivity index (χ4v) is 3.55. The normalized spacial score (nSPS) is 11.9. The minimum Gasteiger partial charge on any atom is -0.302 e. The summed E-state index contributed by atoms with van der Waals surface area (Å²) < 4.78 is 0. The van der Waals surface area contributed by atoms with Crippen LogP contribution >= 0.6 is 11.3 Å². The molecule has 3 nitrogen and oxygen atoms in total. The van der Waals surface area contributed by atoms with Gasteiger partial charge in [0, 0.05) is 5.38 Å². The summed E-state index contributed by atoms with van der Waals surface area (Å²) in [5.41, 5.74) is 3.93. The number of nitrogens with one attached hydrogen (secondary N) is 1. The molecule has 1 N–H and O–H groups in total. The summed E-state index contributed by atoms with van der Waals surface area (Å²) in [4.78, 5) is 17.0. The number of benzene rings is 2. The zero-order valence-corrected chi connectivity index (χ0v) is 17.1. The van der Waals surface area contributed by atoms with Gasteiger partial charge in [-0.3, -0.25) is 4.79 Å². The van der Waals surface area contributed by atoms with Crippen molar-refractivity contribution in [2.45, 2.75) is 26.7 Å². The van der Waals surface area contributed by atoms with Crippen LogP contribution in [0.3, 0.4) is 0 Å². The molecule has 1 aromatic heterocycles. The standard InChI is InChI=1S/C24H24N2OS/c1-4-17(3)10-12-19(5-2)22-16-28-24(25-22)26-23(27)15-18-11-13-20-8-6-7-9-21(20)14-18/h5-14,16H,3-4,15H2,1-2H3,(H,25,26,27)/b12-10-,19-5+. The summed E-state index contributed by atoms with van der Waals surface area (Å²) in [5, 5.41) is 7.80. The Morgan fingerprint density at radius 3 is 2.71 bits per heavy atom. The van der Waals surface area contributed by atoms with Gasteiger partial charge in [0.1, 0.15) is 0 Å². The molecule has 3 aromatic rings. The fourth-order valence-electron chi connectivity index (χ4n) is 2.82. The van der Waals surface area contributed by atoms with Crippen molar-refractivity contribution in [3.05, 3.63) is 89.5 Å². The molecular weight excluding hydrogens is 364 g/mol. The Balaban J connectivity index is 1.65. The number of rotatable bonds is 7. The number of aromatic nitrogens is 1. The predicted octanol–water partition coefficient (Wildman–Crippen LogP) is 6.40. The number of thiazole rings is 1. The van der Waals surface area contributed by atoms with Crippen molar-refractivity contribution in [2.24, 2.45) is 0 Å². The second-order valence-electron chi connectivity index (χ2n) is 6.53. The zero-order valence-electron chi connectivity index (χ0n) is 16.2. The third kappa shape index (κ3) is 5.05. The van der Waals surface area contributed by atoms with Gasteiger partial charge in [0.25, 0.3) is 0 Å². The van der Waals surface area contributed by atoms with Crippen LogP contribution in [0.4, 0.5) is 5.13 Å². The van der Waals surface area contributed by atoms with Crippen molar-refractivity contribution in [1.29, 1.82) is 0 Å². The highest BCUT2D eigenvalue weighted by Gasteiger charge is 2.09. The maximum Gasteiger partial charge on any atom is 0.230 e. The van der Waals surface area contributed by atoms with E-state index in [1.54, 1.807) is 0 Å². The van der Waals surface area contributed by atoms with E-state index >= 15 is 0 Å². The second-order valence-corrected chi connectivity index (χ2v) is 7.39. The van der Waals surface area contributed by atoms with Crippen LogP contribution in [0.2, 0.25) is 0 Å². The van der Waals surface area contributed by atoms with E-state index in [1.165, 1.54) is 16.7 Å². The van der Waals surface area contributed by atoms with E-state index in [4.69, 9.17) is 0 Å². The van der Waals surface area contributed by atoms with Crippen molar-refractivity contribution in [3.8, 4) is 0 Å². The zero-order chi connectivity index (χ0) is 19.9. The molecule has 3 rings (SSSR count). The molecule has 4 heteroatoms. The van der Waals surface area contributed by atoms with Gasteiger partial charge >= 0.3 is 0 Å². The lowest BCUT2D eigenvalue weighted by molar-refractivity contribution is -0.115. The fraction of sp³-hybridized carbons (Fsp3) is 0.167. The van der Waals surface area contributed by atoms with Gasteiger partial charge in [-0.25, -0.2) is 4.98 Å². The quantitative estimate of drug-likeness (QED) is 0.476.